The molecule has 106 valence electrons. The zero-order valence-electron chi connectivity index (χ0n) is 12.4. The minimum absolute atomic E-state index is 0.646. The van der Waals surface area contributed by atoms with Gasteiger partial charge >= 0.3 is 0 Å². The lowest BCUT2D eigenvalue weighted by atomic mass is 9.87. The lowest BCUT2D eigenvalue weighted by Crippen LogP contribution is -2.42. The number of benzene rings is 1. The van der Waals surface area contributed by atoms with Gasteiger partial charge in [-0.05, 0) is 55.5 Å². The molecule has 2 atom stereocenters. The Kier molecular flexibility index (Phi) is 4.83. The molecule has 1 aromatic rings. The summed E-state index contributed by atoms with van der Waals surface area (Å²) in [5.41, 5.74) is 8.44. The van der Waals surface area contributed by atoms with E-state index in [1.807, 2.05) is 0 Å². The number of hydrogen-bond acceptors (Lipinski definition) is 3. The molecule has 19 heavy (non-hydrogen) atoms. The maximum absolute atomic E-state index is 5.87. The zero-order valence-corrected chi connectivity index (χ0v) is 12.4. The summed E-state index contributed by atoms with van der Waals surface area (Å²) >= 11 is 0. The number of methoxy groups -OCH3 is 1. The molecular formula is C16H26N2O. The van der Waals surface area contributed by atoms with Gasteiger partial charge in [-0.25, -0.2) is 0 Å². The third-order valence-electron chi connectivity index (χ3n) is 4.37. The van der Waals surface area contributed by atoms with Gasteiger partial charge in [-0.3, -0.25) is 4.90 Å². The fourth-order valence-corrected chi connectivity index (χ4v) is 2.97. The van der Waals surface area contributed by atoms with Crippen molar-refractivity contribution in [1.82, 2.24) is 4.90 Å². The molecular weight excluding hydrogens is 236 g/mol. The highest BCUT2D eigenvalue weighted by Gasteiger charge is 2.24. The summed E-state index contributed by atoms with van der Waals surface area (Å²) in [4.78, 5) is 2.53. The van der Waals surface area contributed by atoms with Crippen LogP contribution in [0.3, 0.4) is 0 Å². The maximum Gasteiger partial charge on any atom is 0.121 e. The Morgan fingerprint density at radius 2 is 2.21 bits per heavy atom. The van der Waals surface area contributed by atoms with Crippen molar-refractivity contribution in [2.45, 2.75) is 26.8 Å². The van der Waals surface area contributed by atoms with Gasteiger partial charge in [-0.15, -0.1) is 0 Å². The van der Waals surface area contributed by atoms with Gasteiger partial charge in [0.1, 0.15) is 5.75 Å². The summed E-state index contributed by atoms with van der Waals surface area (Å²) in [6.45, 7) is 8.56. The van der Waals surface area contributed by atoms with Crippen molar-refractivity contribution in [1.29, 1.82) is 0 Å². The zero-order chi connectivity index (χ0) is 13.8. The van der Waals surface area contributed by atoms with E-state index in [0.29, 0.717) is 5.92 Å². The van der Waals surface area contributed by atoms with Crippen LogP contribution in [0, 0.1) is 18.8 Å². The minimum Gasteiger partial charge on any atom is -0.496 e. The molecule has 1 heterocycles. The van der Waals surface area contributed by atoms with Crippen LogP contribution in [-0.4, -0.2) is 31.6 Å². The number of likely N-dealkylation sites (tertiary alicyclic amines) is 1. The standard InChI is InChI=1S/C16H26N2O/c1-12-6-7-18(11-15(12)9-17)10-14-4-5-16(19-3)13(2)8-14/h4-5,8,12,15H,6-7,9-11,17H2,1-3H3. The van der Waals surface area contributed by atoms with Crippen molar-refractivity contribution in [2.24, 2.45) is 17.6 Å². The molecule has 1 aromatic carbocycles. The summed E-state index contributed by atoms with van der Waals surface area (Å²) in [6, 6.07) is 6.47. The molecule has 0 saturated carbocycles. The molecule has 0 bridgehead atoms. The second kappa shape index (κ2) is 6.40. The highest BCUT2D eigenvalue weighted by Crippen LogP contribution is 2.25. The van der Waals surface area contributed by atoms with E-state index in [4.69, 9.17) is 10.5 Å². The van der Waals surface area contributed by atoms with E-state index >= 15 is 0 Å². The summed E-state index contributed by atoms with van der Waals surface area (Å²) in [5, 5.41) is 0. The third kappa shape index (κ3) is 3.48. The molecule has 0 amide bonds. The topological polar surface area (TPSA) is 38.5 Å². The van der Waals surface area contributed by atoms with Crippen molar-refractivity contribution < 1.29 is 4.74 Å². The fraction of sp³-hybridized carbons (Fsp3) is 0.625. The number of nitrogens with zero attached hydrogens (tertiary/aromatic N) is 1. The van der Waals surface area contributed by atoms with Crippen molar-refractivity contribution in [3.05, 3.63) is 29.3 Å². The van der Waals surface area contributed by atoms with Gasteiger partial charge < -0.3 is 10.5 Å². The van der Waals surface area contributed by atoms with E-state index < -0.39 is 0 Å². The SMILES string of the molecule is COc1ccc(CN2CCC(C)C(CN)C2)cc1C. The van der Waals surface area contributed by atoms with Crippen molar-refractivity contribution in [3.63, 3.8) is 0 Å². The van der Waals surface area contributed by atoms with E-state index in [-0.39, 0.29) is 0 Å². The van der Waals surface area contributed by atoms with E-state index in [1.165, 1.54) is 24.1 Å². The number of hydrogen-bond donors (Lipinski definition) is 1. The van der Waals surface area contributed by atoms with E-state index in [9.17, 15) is 0 Å². The first-order valence-electron chi connectivity index (χ1n) is 7.20. The lowest BCUT2D eigenvalue weighted by molar-refractivity contribution is 0.126. The first-order valence-corrected chi connectivity index (χ1v) is 7.20. The van der Waals surface area contributed by atoms with E-state index in [0.717, 1.165) is 31.3 Å². The second-order valence-corrected chi connectivity index (χ2v) is 5.80. The Balaban J connectivity index is 1.99. The Bertz CT molecular complexity index is 419. The largest absolute Gasteiger partial charge is 0.496 e. The molecule has 1 saturated heterocycles. The van der Waals surface area contributed by atoms with Crippen LogP contribution < -0.4 is 10.5 Å². The van der Waals surface area contributed by atoms with Gasteiger partial charge in [-0.2, -0.15) is 0 Å². The maximum atomic E-state index is 5.87. The predicted octanol–water partition coefficient (Wildman–Crippen LogP) is 2.42. The first kappa shape index (κ1) is 14.4. The van der Waals surface area contributed by atoms with Gasteiger partial charge in [0.15, 0.2) is 0 Å². The van der Waals surface area contributed by atoms with Crippen LogP contribution >= 0.6 is 0 Å². The van der Waals surface area contributed by atoms with Gasteiger partial charge in [0, 0.05) is 13.1 Å². The molecule has 0 spiro atoms. The van der Waals surface area contributed by atoms with Crippen molar-refractivity contribution in [2.75, 3.05) is 26.7 Å². The molecule has 1 aliphatic rings. The molecule has 2 N–H and O–H groups in total. The molecule has 1 fully saturated rings. The normalized spacial score (nSPS) is 24.4. The highest BCUT2D eigenvalue weighted by atomic mass is 16.5. The van der Waals surface area contributed by atoms with E-state index in [2.05, 4.69) is 36.9 Å². The second-order valence-electron chi connectivity index (χ2n) is 5.80. The van der Waals surface area contributed by atoms with Gasteiger partial charge in [0.05, 0.1) is 7.11 Å². The van der Waals surface area contributed by atoms with Crippen molar-refractivity contribution in [3.8, 4) is 5.75 Å². The Morgan fingerprint density at radius 1 is 1.42 bits per heavy atom. The molecule has 0 aliphatic carbocycles. The van der Waals surface area contributed by atoms with Crippen molar-refractivity contribution >= 4 is 0 Å². The Hall–Kier alpha value is -1.06. The molecule has 1 aliphatic heterocycles. The molecule has 3 nitrogen and oxygen atoms in total. The highest BCUT2D eigenvalue weighted by molar-refractivity contribution is 5.36. The average molecular weight is 262 g/mol. The summed E-state index contributed by atoms with van der Waals surface area (Å²) in [5.74, 6) is 2.38. The van der Waals surface area contributed by atoms with Crippen LogP contribution in [0.5, 0.6) is 5.75 Å². The fourth-order valence-electron chi connectivity index (χ4n) is 2.97. The summed E-state index contributed by atoms with van der Waals surface area (Å²) in [6.07, 6.45) is 1.26. The Labute approximate surface area is 116 Å². The van der Waals surface area contributed by atoms with Crippen LogP contribution in [0.25, 0.3) is 0 Å². The van der Waals surface area contributed by atoms with Crippen LogP contribution in [-0.2, 0) is 6.54 Å². The minimum atomic E-state index is 0.646. The van der Waals surface area contributed by atoms with E-state index in [1.54, 1.807) is 7.11 Å². The third-order valence-corrected chi connectivity index (χ3v) is 4.37. The smallest absolute Gasteiger partial charge is 0.121 e. The Morgan fingerprint density at radius 3 is 2.84 bits per heavy atom. The number of ether oxygens (including phenoxy) is 1. The molecule has 0 radical (unpaired) electrons. The van der Waals surface area contributed by atoms with Crippen LogP contribution in [0.4, 0.5) is 0 Å². The van der Waals surface area contributed by atoms with Gasteiger partial charge in [0.2, 0.25) is 0 Å². The number of nitrogens with two attached hydrogens (primary N) is 1. The van der Waals surface area contributed by atoms with Crippen LogP contribution in [0.15, 0.2) is 18.2 Å². The monoisotopic (exact) mass is 262 g/mol. The number of aryl methyl sites for hydroxylation is 1. The first-order chi connectivity index (χ1) is 9.13. The molecule has 0 aromatic heterocycles. The quantitative estimate of drug-likeness (QED) is 0.905. The summed E-state index contributed by atoms with van der Waals surface area (Å²) < 4.78 is 5.31. The number of rotatable bonds is 4. The van der Waals surface area contributed by atoms with Crippen LogP contribution in [0.2, 0.25) is 0 Å². The predicted molar refractivity (Wildman–Crippen MR) is 79.3 cm³/mol. The van der Waals surface area contributed by atoms with Gasteiger partial charge in [0.25, 0.3) is 0 Å². The summed E-state index contributed by atoms with van der Waals surface area (Å²) in [7, 11) is 1.72. The molecule has 2 unspecified atom stereocenters. The molecule has 3 heteroatoms. The lowest BCUT2D eigenvalue weighted by Gasteiger charge is -2.36. The number of piperidine rings is 1. The van der Waals surface area contributed by atoms with Crippen LogP contribution in [0.1, 0.15) is 24.5 Å². The average Bonchev–Trinajstić information content (AvgIpc) is 2.41. The van der Waals surface area contributed by atoms with Gasteiger partial charge in [-0.1, -0.05) is 19.1 Å². The molecule has 2 rings (SSSR count).